The highest BCUT2D eigenvalue weighted by molar-refractivity contribution is 5.98. The molecule has 0 aliphatic carbocycles. The molecular formula is C25H26N8O3. The van der Waals surface area contributed by atoms with E-state index in [-0.39, 0.29) is 0 Å². The van der Waals surface area contributed by atoms with E-state index in [1.165, 1.54) is 6.33 Å². The lowest BCUT2D eigenvalue weighted by atomic mass is 10.1. The topological polar surface area (TPSA) is 157 Å². The Morgan fingerprint density at radius 2 is 1.86 bits per heavy atom. The minimum atomic E-state index is -0.833. The van der Waals surface area contributed by atoms with Crippen molar-refractivity contribution in [2.45, 2.75) is 25.8 Å². The van der Waals surface area contributed by atoms with Gasteiger partial charge in [0.15, 0.2) is 5.65 Å². The molecule has 1 fully saturated rings. The number of nitrogens with one attached hydrogen (secondary N) is 2. The summed E-state index contributed by atoms with van der Waals surface area (Å²) in [5.74, 6) is 0.229. The number of nitrogens with two attached hydrogens (primary N) is 1. The van der Waals surface area contributed by atoms with Gasteiger partial charge in [-0.15, -0.1) is 0 Å². The maximum Gasteiger partial charge on any atom is 0.300 e. The fourth-order valence-electron chi connectivity index (χ4n) is 4.33. The number of carboxylic acid groups (broad SMARTS) is 1. The number of benzene rings is 2. The van der Waals surface area contributed by atoms with Crippen molar-refractivity contribution in [3.05, 3.63) is 54.9 Å². The SMILES string of the molecule is CC(=O)O.Nc1ncnc2c1c(-c1ccc(Nc3onc4ccccc34)cc1)nn2C1CCNCC1. The Morgan fingerprint density at radius 3 is 2.61 bits per heavy atom. The van der Waals surface area contributed by atoms with Crippen molar-refractivity contribution < 1.29 is 14.4 Å². The van der Waals surface area contributed by atoms with Gasteiger partial charge in [-0.05, 0) is 50.2 Å². The van der Waals surface area contributed by atoms with Gasteiger partial charge in [-0.3, -0.25) is 4.79 Å². The zero-order valence-electron chi connectivity index (χ0n) is 19.7. The first-order valence-electron chi connectivity index (χ1n) is 11.6. The minimum absolute atomic E-state index is 0.294. The molecule has 0 atom stereocenters. The van der Waals surface area contributed by atoms with E-state index in [1.807, 2.05) is 53.2 Å². The van der Waals surface area contributed by atoms with Gasteiger partial charge in [-0.2, -0.15) is 5.10 Å². The third-order valence-corrected chi connectivity index (χ3v) is 5.97. The fourth-order valence-corrected chi connectivity index (χ4v) is 4.33. The molecule has 0 bridgehead atoms. The molecule has 11 heteroatoms. The molecule has 0 radical (unpaired) electrons. The number of carboxylic acids is 1. The van der Waals surface area contributed by atoms with Crippen molar-refractivity contribution in [2.75, 3.05) is 24.1 Å². The molecule has 1 saturated heterocycles. The Bertz CT molecular complexity index is 1500. The summed E-state index contributed by atoms with van der Waals surface area (Å²) < 4.78 is 7.49. The summed E-state index contributed by atoms with van der Waals surface area (Å²) in [6.07, 6.45) is 3.53. The summed E-state index contributed by atoms with van der Waals surface area (Å²) in [4.78, 5) is 17.7. The second-order valence-corrected chi connectivity index (χ2v) is 8.48. The average Bonchev–Trinajstić information content (AvgIpc) is 3.48. The van der Waals surface area contributed by atoms with Crippen molar-refractivity contribution in [1.82, 2.24) is 30.2 Å². The Labute approximate surface area is 206 Å². The summed E-state index contributed by atoms with van der Waals surface area (Å²) in [7, 11) is 0. The molecule has 6 rings (SSSR count). The van der Waals surface area contributed by atoms with E-state index in [1.54, 1.807) is 0 Å². The largest absolute Gasteiger partial charge is 0.481 e. The highest BCUT2D eigenvalue weighted by Crippen LogP contribution is 2.34. The average molecular weight is 487 g/mol. The number of nitrogen functional groups attached to an aromatic ring is 1. The number of fused-ring (bicyclic) bond motifs is 2. The van der Waals surface area contributed by atoms with Gasteiger partial charge in [-0.1, -0.05) is 29.4 Å². The molecular weight excluding hydrogens is 460 g/mol. The van der Waals surface area contributed by atoms with Gasteiger partial charge in [-0.25, -0.2) is 14.6 Å². The highest BCUT2D eigenvalue weighted by Gasteiger charge is 2.23. The number of piperidine rings is 1. The lowest BCUT2D eigenvalue weighted by Gasteiger charge is -2.23. The van der Waals surface area contributed by atoms with E-state index in [4.69, 9.17) is 25.3 Å². The van der Waals surface area contributed by atoms with Crippen LogP contribution in [0.3, 0.4) is 0 Å². The fraction of sp³-hybridized carbons (Fsp3) is 0.240. The molecule has 0 saturated carbocycles. The number of anilines is 3. The lowest BCUT2D eigenvalue weighted by molar-refractivity contribution is -0.134. The van der Waals surface area contributed by atoms with Crippen molar-refractivity contribution in [2.24, 2.45) is 0 Å². The van der Waals surface area contributed by atoms with Gasteiger partial charge in [0.2, 0.25) is 5.88 Å². The Hall–Kier alpha value is -4.51. The molecule has 36 heavy (non-hydrogen) atoms. The van der Waals surface area contributed by atoms with Crippen molar-refractivity contribution in [3.63, 3.8) is 0 Å². The smallest absolute Gasteiger partial charge is 0.300 e. The van der Waals surface area contributed by atoms with Gasteiger partial charge in [0, 0.05) is 18.2 Å². The third-order valence-electron chi connectivity index (χ3n) is 5.97. The van der Waals surface area contributed by atoms with Crippen LogP contribution in [0.4, 0.5) is 17.4 Å². The minimum Gasteiger partial charge on any atom is -0.481 e. The van der Waals surface area contributed by atoms with Gasteiger partial charge in [0.25, 0.3) is 5.97 Å². The van der Waals surface area contributed by atoms with E-state index in [0.29, 0.717) is 17.7 Å². The van der Waals surface area contributed by atoms with Crippen LogP contribution in [-0.2, 0) is 4.79 Å². The second-order valence-electron chi connectivity index (χ2n) is 8.48. The molecule has 184 valence electrons. The lowest BCUT2D eigenvalue weighted by Crippen LogP contribution is -2.30. The van der Waals surface area contributed by atoms with Crippen molar-refractivity contribution in [1.29, 1.82) is 0 Å². The molecule has 2 aromatic carbocycles. The van der Waals surface area contributed by atoms with Crippen LogP contribution in [0.1, 0.15) is 25.8 Å². The van der Waals surface area contributed by atoms with Gasteiger partial charge >= 0.3 is 0 Å². The van der Waals surface area contributed by atoms with Crippen LogP contribution in [0, 0.1) is 0 Å². The van der Waals surface area contributed by atoms with E-state index in [2.05, 4.69) is 25.8 Å². The normalized spacial score (nSPS) is 13.9. The standard InChI is InChI=1S/C23H22N8O.C2H4O2/c24-21-19-20(29-31(22(19)27-13-26-21)16-9-11-25-12-10-16)14-5-7-15(8-6-14)28-23-17-3-1-2-4-18(17)30-32-23;1-2(3)4/h1-8,13,16,25,28H,9-12H2,(H2,24,26,27);1H3,(H,3,4). The van der Waals surface area contributed by atoms with Gasteiger partial charge in [0.05, 0.1) is 16.8 Å². The van der Waals surface area contributed by atoms with Crippen molar-refractivity contribution >= 4 is 45.3 Å². The molecule has 4 heterocycles. The Kier molecular flexibility index (Phi) is 6.46. The van der Waals surface area contributed by atoms with Crippen LogP contribution < -0.4 is 16.4 Å². The predicted octanol–water partition coefficient (Wildman–Crippen LogP) is 3.98. The maximum atomic E-state index is 9.00. The number of carbonyl (C=O) groups is 1. The van der Waals surface area contributed by atoms with Crippen LogP contribution in [0.15, 0.2) is 59.4 Å². The molecule has 5 aromatic rings. The first-order valence-corrected chi connectivity index (χ1v) is 11.6. The molecule has 3 aromatic heterocycles. The summed E-state index contributed by atoms with van der Waals surface area (Å²) in [6.45, 7) is 3.03. The number of aliphatic carboxylic acids is 1. The van der Waals surface area contributed by atoms with Crippen LogP contribution in [0.5, 0.6) is 0 Å². The maximum absolute atomic E-state index is 9.00. The molecule has 1 aliphatic rings. The molecule has 0 amide bonds. The predicted molar refractivity (Wildman–Crippen MR) is 137 cm³/mol. The van der Waals surface area contributed by atoms with E-state index in [9.17, 15) is 0 Å². The summed E-state index contributed by atoms with van der Waals surface area (Å²) in [6, 6.07) is 16.1. The molecule has 11 nitrogen and oxygen atoms in total. The number of hydrogen-bond donors (Lipinski definition) is 4. The first-order chi connectivity index (χ1) is 17.5. The summed E-state index contributed by atoms with van der Waals surface area (Å²) in [5, 5.41) is 24.9. The van der Waals surface area contributed by atoms with Crippen LogP contribution >= 0.6 is 0 Å². The third kappa shape index (κ3) is 4.68. The van der Waals surface area contributed by atoms with Crippen LogP contribution in [0.2, 0.25) is 0 Å². The zero-order valence-corrected chi connectivity index (χ0v) is 19.7. The molecule has 1 aliphatic heterocycles. The second kappa shape index (κ2) is 10.0. The molecule has 0 spiro atoms. The monoisotopic (exact) mass is 486 g/mol. The number of aromatic nitrogens is 5. The molecule has 5 N–H and O–H groups in total. The number of rotatable bonds is 4. The zero-order chi connectivity index (χ0) is 25.1. The molecule has 0 unspecified atom stereocenters. The number of nitrogens with zero attached hydrogens (tertiary/aromatic N) is 5. The van der Waals surface area contributed by atoms with Crippen molar-refractivity contribution in [3.8, 4) is 11.3 Å². The summed E-state index contributed by atoms with van der Waals surface area (Å²) >= 11 is 0. The van der Waals surface area contributed by atoms with Gasteiger partial charge < -0.3 is 26.0 Å². The summed E-state index contributed by atoms with van der Waals surface area (Å²) in [5.41, 5.74) is 10.5. The van der Waals surface area contributed by atoms with Crippen LogP contribution in [0.25, 0.3) is 33.2 Å². The number of hydrogen-bond acceptors (Lipinski definition) is 9. The highest BCUT2D eigenvalue weighted by atomic mass is 16.5. The Morgan fingerprint density at radius 1 is 1.14 bits per heavy atom. The van der Waals surface area contributed by atoms with Gasteiger partial charge in [0.1, 0.15) is 23.4 Å². The Balaban J connectivity index is 0.000000623. The first kappa shape index (κ1) is 23.2. The van der Waals surface area contributed by atoms with E-state index >= 15 is 0 Å². The van der Waals surface area contributed by atoms with E-state index < -0.39 is 5.97 Å². The van der Waals surface area contributed by atoms with Crippen LogP contribution in [-0.4, -0.2) is 49.1 Å². The van der Waals surface area contributed by atoms with E-state index in [0.717, 1.165) is 71.7 Å². The quantitative estimate of drug-likeness (QED) is 0.293.